The molecule has 3 rings (SSSR count). The molecule has 1 fully saturated rings. The zero-order valence-corrected chi connectivity index (χ0v) is 17.7. The van der Waals surface area contributed by atoms with E-state index in [0.717, 1.165) is 36.0 Å². The smallest absolute Gasteiger partial charge is 0.277 e. The molecule has 152 valence electrons. The van der Waals surface area contributed by atoms with Gasteiger partial charge < -0.3 is 9.64 Å². The minimum atomic E-state index is -0.158. The highest BCUT2D eigenvalue weighted by atomic mass is 16.5. The highest BCUT2D eigenvalue weighted by molar-refractivity contribution is 6.35. The molecule has 2 aliphatic heterocycles. The molecule has 2 aliphatic rings. The topological polar surface area (TPSA) is 49.9 Å². The molecule has 1 saturated heterocycles. The van der Waals surface area contributed by atoms with Crippen LogP contribution in [0, 0.1) is 13.8 Å². The monoisotopic (exact) mass is 384 g/mol. The number of hydrogen-bond donors (Lipinski definition) is 0. The van der Waals surface area contributed by atoms with Crippen LogP contribution < -0.4 is 0 Å². The van der Waals surface area contributed by atoms with Gasteiger partial charge in [-0.2, -0.15) is 0 Å². The third-order valence-corrected chi connectivity index (χ3v) is 5.52. The Morgan fingerprint density at radius 1 is 1.04 bits per heavy atom. The van der Waals surface area contributed by atoms with Gasteiger partial charge in [0.15, 0.2) is 0 Å². The van der Waals surface area contributed by atoms with Gasteiger partial charge in [0.2, 0.25) is 0 Å². The maximum atomic E-state index is 13.4. The molecule has 1 aromatic carbocycles. The molecule has 1 aromatic rings. The predicted molar refractivity (Wildman–Crippen MR) is 111 cm³/mol. The highest BCUT2D eigenvalue weighted by Gasteiger charge is 2.43. The first kappa shape index (κ1) is 20.6. The number of morpholine rings is 1. The van der Waals surface area contributed by atoms with Gasteiger partial charge in [-0.25, -0.2) is 0 Å². The molecule has 0 spiro atoms. The lowest BCUT2D eigenvalue weighted by Gasteiger charge is -2.37. The van der Waals surface area contributed by atoms with E-state index in [-0.39, 0.29) is 24.0 Å². The summed E-state index contributed by atoms with van der Waals surface area (Å²) in [5, 5.41) is 0. The van der Waals surface area contributed by atoms with Gasteiger partial charge in [0, 0.05) is 19.6 Å². The second-order valence-corrected chi connectivity index (χ2v) is 8.17. The minimum Gasteiger partial charge on any atom is -0.372 e. The molecule has 5 heteroatoms. The van der Waals surface area contributed by atoms with E-state index in [9.17, 15) is 9.59 Å². The first-order valence-corrected chi connectivity index (χ1v) is 10.4. The number of benzene rings is 1. The highest BCUT2D eigenvalue weighted by Crippen LogP contribution is 2.35. The zero-order valence-electron chi connectivity index (χ0n) is 17.7. The summed E-state index contributed by atoms with van der Waals surface area (Å²) in [7, 11) is 0. The summed E-state index contributed by atoms with van der Waals surface area (Å²) < 4.78 is 5.85. The van der Waals surface area contributed by atoms with Gasteiger partial charge in [-0.15, -0.1) is 0 Å². The third-order valence-electron chi connectivity index (χ3n) is 5.52. The molecular formula is C23H32N2O3. The van der Waals surface area contributed by atoms with E-state index < -0.39 is 0 Å². The number of nitrogens with zero attached hydrogens (tertiary/aromatic N) is 2. The van der Waals surface area contributed by atoms with Crippen LogP contribution in [-0.2, 0) is 14.3 Å². The molecule has 5 nitrogen and oxygen atoms in total. The number of carbonyl (C=O) groups excluding carboxylic acids is 2. The fraction of sp³-hybridized carbons (Fsp3) is 0.565. The minimum absolute atomic E-state index is 0.0219. The van der Waals surface area contributed by atoms with E-state index in [1.165, 1.54) is 4.90 Å². The lowest BCUT2D eigenvalue weighted by molar-refractivity contribution is -0.138. The normalized spacial score (nSPS) is 23.2. The lowest BCUT2D eigenvalue weighted by atomic mass is 9.97. The van der Waals surface area contributed by atoms with E-state index >= 15 is 0 Å². The molecule has 2 unspecified atom stereocenters. The van der Waals surface area contributed by atoms with Gasteiger partial charge in [-0.3, -0.25) is 14.5 Å². The Kier molecular flexibility index (Phi) is 6.23. The Balaban J connectivity index is 2.05. The number of amides is 2. The molecule has 0 aliphatic carbocycles. The van der Waals surface area contributed by atoms with Crippen molar-refractivity contribution in [3.63, 3.8) is 0 Å². The molecular weight excluding hydrogens is 352 g/mol. The number of unbranched alkanes of at least 4 members (excludes halogenated alkanes) is 2. The van der Waals surface area contributed by atoms with Crippen LogP contribution in [0.15, 0.2) is 23.9 Å². The summed E-state index contributed by atoms with van der Waals surface area (Å²) in [4.78, 5) is 30.2. The molecule has 2 heterocycles. The van der Waals surface area contributed by atoms with Crippen LogP contribution in [0.1, 0.15) is 56.7 Å². The lowest BCUT2D eigenvalue weighted by Crippen LogP contribution is -2.47. The van der Waals surface area contributed by atoms with Gasteiger partial charge in [0.05, 0.1) is 17.8 Å². The van der Waals surface area contributed by atoms with Gasteiger partial charge in [0.1, 0.15) is 5.70 Å². The van der Waals surface area contributed by atoms with Crippen molar-refractivity contribution >= 4 is 17.4 Å². The summed E-state index contributed by atoms with van der Waals surface area (Å²) in [5.41, 5.74) is 4.14. The van der Waals surface area contributed by atoms with Crippen molar-refractivity contribution in [3.05, 3.63) is 40.6 Å². The Labute approximate surface area is 168 Å². The van der Waals surface area contributed by atoms with Crippen molar-refractivity contribution < 1.29 is 14.3 Å². The van der Waals surface area contributed by atoms with Gasteiger partial charge in [0.25, 0.3) is 11.8 Å². The second-order valence-electron chi connectivity index (χ2n) is 8.17. The number of ether oxygens (including phenoxy) is 1. The Bertz CT molecular complexity index is 789. The Morgan fingerprint density at radius 2 is 1.71 bits per heavy atom. The zero-order chi connectivity index (χ0) is 20.4. The van der Waals surface area contributed by atoms with E-state index in [1.807, 2.05) is 39.8 Å². The molecule has 28 heavy (non-hydrogen) atoms. The second kappa shape index (κ2) is 8.48. The molecule has 2 amide bonds. The van der Waals surface area contributed by atoms with E-state index in [2.05, 4.69) is 17.9 Å². The predicted octanol–water partition coefficient (Wildman–Crippen LogP) is 3.68. The molecule has 2 atom stereocenters. The fourth-order valence-corrected chi connectivity index (χ4v) is 4.28. The summed E-state index contributed by atoms with van der Waals surface area (Å²) >= 11 is 0. The van der Waals surface area contributed by atoms with Crippen LogP contribution in [0.5, 0.6) is 0 Å². The molecule has 0 bridgehead atoms. The number of rotatable bonds is 6. The van der Waals surface area contributed by atoms with Crippen LogP contribution in [0.4, 0.5) is 0 Å². The van der Waals surface area contributed by atoms with Crippen LogP contribution in [-0.4, -0.2) is 53.5 Å². The maximum Gasteiger partial charge on any atom is 0.277 e. The van der Waals surface area contributed by atoms with Crippen molar-refractivity contribution in [2.75, 3.05) is 19.6 Å². The fourth-order valence-electron chi connectivity index (χ4n) is 4.28. The summed E-state index contributed by atoms with van der Waals surface area (Å²) in [6.45, 7) is 11.9. The molecule has 0 radical (unpaired) electrons. The van der Waals surface area contributed by atoms with Crippen molar-refractivity contribution in [2.24, 2.45) is 0 Å². The van der Waals surface area contributed by atoms with E-state index in [0.29, 0.717) is 30.9 Å². The van der Waals surface area contributed by atoms with Crippen molar-refractivity contribution in [2.45, 2.75) is 66.1 Å². The summed E-state index contributed by atoms with van der Waals surface area (Å²) in [6.07, 6.45) is 2.95. The van der Waals surface area contributed by atoms with Crippen LogP contribution in [0.25, 0.3) is 5.57 Å². The van der Waals surface area contributed by atoms with Gasteiger partial charge in [-0.1, -0.05) is 43.5 Å². The van der Waals surface area contributed by atoms with E-state index in [1.54, 1.807) is 0 Å². The van der Waals surface area contributed by atoms with Crippen molar-refractivity contribution in [3.8, 4) is 0 Å². The quantitative estimate of drug-likeness (QED) is 0.554. The third kappa shape index (κ3) is 4.00. The van der Waals surface area contributed by atoms with Crippen molar-refractivity contribution in [1.29, 1.82) is 0 Å². The maximum absolute atomic E-state index is 13.4. The molecule has 0 N–H and O–H groups in total. The summed E-state index contributed by atoms with van der Waals surface area (Å²) in [6, 6.07) is 6.06. The number of aryl methyl sites for hydroxylation is 2. The summed E-state index contributed by atoms with van der Waals surface area (Å²) in [5.74, 6) is -0.313. The Morgan fingerprint density at radius 3 is 2.32 bits per heavy atom. The standard InChI is InChI=1S/C23H32N2O3/c1-6-7-8-11-25-22(26)20(19-10-9-15(2)12-16(19)3)21(23(25)27)24-13-17(4)28-18(5)14-24/h9-10,12,17-18H,6-8,11,13-14H2,1-5H3. The number of carbonyl (C=O) groups is 2. The first-order valence-electron chi connectivity index (χ1n) is 10.4. The van der Waals surface area contributed by atoms with Crippen LogP contribution in [0.2, 0.25) is 0 Å². The largest absolute Gasteiger partial charge is 0.372 e. The number of imide groups is 1. The van der Waals surface area contributed by atoms with Crippen LogP contribution in [0.3, 0.4) is 0 Å². The van der Waals surface area contributed by atoms with Gasteiger partial charge >= 0.3 is 0 Å². The average Bonchev–Trinajstić information content (AvgIpc) is 2.85. The average molecular weight is 385 g/mol. The first-order chi connectivity index (χ1) is 13.3. The molecule has 0 saturated carbocycles. The molecule has 0 aromatic heterocycles. The van der Waals surface area contributed by atoms with Crippen molar-refractivity contribution in [1.82, 2.24) is 9.80 Å². The van der Waals surface area contributed by atoms with Crippen LogP contribution >= 0.6 is 0 Å². The number of hydrogen-bond acceptors (Lipinski definition) is 4. The SMILES string of the molecule is CCCCCN1C(=O)C(c2ccc(C)cc2C)=C(N2CC(C)OC(C)C2)C1=O. The van der Waals surface area contributed by atoms with Gasteiger partial charge in [-0.05, 0) is 45.2 Å². The van der Waals surface area contributed by atoms with E-state index in [4.69, 9.17) is 4.74 Å². The Hall–Kier alpha value is -2.14.